The van der Waals surface area contributed by atoms with Crippen LogP contribution in [-0.4, -0.2) is 34.2 Å². The van der Waals surface area contributed by atoms with E-state index in [-0.39, 0.29) is 18.0 Å². The van der Waals surface area contributed by atoms with Crippen molar-refractivity contribution in [3.8, 4) is 0 Å². The molecule has 0 heterocycles. The number of thioether (sulfide) groups is 1. The van der Waals surface area contributed by atoms with Crippen LogP contribution >= 0.6 is 11.8 Å². The molecule has 0 aromatic carbocycles. The van der Waals surface area contributed by atoms with Gasteiger partial charge in [0.1, 0.15) is 5.60 Å². The molecule has 0 spiro atoms. The fraction of sp³-hybridized carbons (Fsp3) is 0.929. The van der Waals surface area contributed by atoms with Crippen LogP contribution < -0.4 is 0 Å². The summed E-state index contributed by atoms with van der Waals surface area (Å²) in [5, 5.41) is 8.77. The maximum absolute atomic E-state index is 12.8. The van der Waals surface area contributed by atoms with Gasteiger partial charge >= 0.3 is 11.9 Å². The van der Waals surface area contributed by atoms with Crippen molar-refractivity contribution in [3.63, 3.8) is 0 Å². The number of unbranched alkanes of at least 4 members (excludes halogenated alkanes) is 12. The number of ether oxygens (including phenoxy) is 1. The Morgan fingerprint density at radius 3 is 1.48 bits per heavy atom. The van der Waals surface area contributed by atoms with E-state index in [2.05, 4.69) is 20.8 Å². The first kappa shape index (κ1) is 32.3. The lowest BCUT2D eigenvalue weighted by Crippen LogP contribution is -2.35. The number of carboxylic acids is 1. The van der Waals surface area contributed by atoms with Gasteiger partial charge in [-0.15, -0.1) is 0 Å². The predicted octanol–water partition coefficient (Wildman–Crippen LogP) is 8.95. The first-order valence-corrected chi connectivity index (χ1v) is 15.2. The van der Waals surface area contributed by atoms with Crippen LogP contribution in [0.5, 0.6) is 0 Å². The van der Waals surface area contributed by atoms with Gasteiger partial charge < -0.3 is 9.84 Å². The Morgan fingerprint density at radius 2 is 1.03 bits per heavy atom. The summed E-state index contributed by atoms with van der Waals surface area (Å²) in [7, 11) is 0. The molecule has 0 unspecified atom stereocenters. The lowest BCUT2D eigenvalue weighted by molar-refractivity contribution is -0.162. The maximum atomic E-state index is 12.8. The van der Waals surface area contributed by atoms with Crippen molar-refractivity contribution < 1.29 is 19.4 Å². The minimum absolute atomic E-state index is 0.0910. The summed E-state index contributed by atoms with van der Waals surface area (Å²) in [4.78, 5) is 23.5. The standard InChI is InChI=1S/C28H54O4S/c1-4-7-10-13-14-15-18-23-28(21-16-11-8-5-2,22-17-12-9-6-3)32-27(31)20-25-33-24-19-26(29)30/h4-25H2,1-3H3,(H,29,30). The van der Waals surface area contributed by atoms with Gasteiger partial charge in [0, 0.05) is 11.5 Å². The maximum Gasteiger partial charge on any atom is 0.307 e. The van der Waals surface area contributed by atoms with Gasteiger partial charge in [-0.1, -0.05) is 97.8 Å². The Bertz CT molecular complexity index is 455. The molecule has 0 aliphatic carbocycles. The second-order valence-corrected chi connectivity index (χ2v) is 10.9. The van der Waals surface area contributed by atoms with Crippen molar-refractivity contribution in [1.82, 2.24) is 0 Å². The first-order valence-electron chi connectivity index (χ1n) is 14.0. The summed E-state index contributed by atoms with van der Waals surface area (Å²) in [6, 6.07) is 0. The van der Waals surface area contributed by atoms with Gasteiger partial charge in [0.2, 0.25) is 0 Å². The number of carbonyl (C=O) groups excluding carboxylic acids is 1. The van der Waals surface area contributed by atoms with Crippen molar-refractivity contribution in [2.75, 3.05) is 11.5 Å². The lowest BCUT2D eigenvalue weighted by Gasteiger charge is -2.34. The molecule has 0 bridgehead atoms. The van der Waals surface area contributed by atoms with Crippen molar-refractivity contribution in [3.05, 3.63) is 0 Å². The van der Waals surface area contributed by atoms with Crippen molar-refractivity contribution >= 4 is 23.7 Å². The molecule has 0 radical (unpaired) electrons. The SMILES string of the molecule is CCCCCCCCCC(CCCCCC)(CCCCCC)OC(=O)CCSCCC(=O)O. The first-order chi connectivity index (χ1) is 16.0. The van der Waals surface area contributed by atoms with Crippen molar-refractivity contribution in [1.29, 1.82) is 0 Å². The molecule has 5 heteroatoms. The highest BCUT2D eigenvalue weighted by Crippen LogP contribution is 2.33. The zero-order chi connectivity index (χ0) is 24.6. The Labute approximate surface area is 209 Å². The van der Waals surface area contributed by atoms with E-state index in [0.29, 0.717) is 17.9 Å². The smallest absolute Gasteiger partial charge is 0.307 e. The zero-order valence-corrected chi connectivity index (χ0v) is 23.0. The lowest BCUT2D eigenvalue weighted by atomic mass is 9.84. The molecule has 33 heavy (non-hydrogen) atoms. The Morgan fingerprint density at radius 1 is 0.636 bits per heavy atom. The summed E-state index contributed by atoms with van der Waals surface area (Å²) in [5.41, 5.74) is -0.298. The summed E-state index contributed by atoms with van der Waals surface area (Å²) < 4.78 is 6.30. The van der Waals surface area contributed by atoms with E-state index in [1.807, 2.05) is 0 Å². The highest BCUT2D eigenvalue weighted by Gasteiger charge is 2.32. The monoisotopic (exact) mass is 486 g/mol. The molecule has 0 rings (SSSR count). The average Bonchev–Trinajstić information content (AvgIpc) is 2.78. The highest BCUT2D eigenvalue weighted by atomic mass is 32.2. The van der Waals surface area contributed by atoms with Crippen LogP contribution in [-0.2, 0) is 14.3 Å². The molecule has 0 atom stereocenters. The minimum Gasteiger partial charge on any atom is -0.481 e. The molecule has 0 aliphatic heterocycles. The molecule has 4 nitrogen and oxygen atoms in total. The van der Waals surface area contributed by atoms with Crippen LogP contribution in [0.15, 0.2) is 0 Å². The number of rotatable bonds is 25. The molecule has 1 N–H and O–H groups in total. The second kappa shape index (κ2) is 23.1. The molecule has 196 valence electrons. The third-order valence-electron chi connectivity index (χ3n) is 6.45. The number of esters is 1. The average molecular weight is 487 g/mol. The van der Waals surface area contributed by atoms with Gasteiger partial charge in [-0.2, -0.15) is 11.8 Å². The number of aliphatic carboxylic acids is 1. The van der Waals surface area contributed by atoms with Crippen LogP contribution in [0.1, 0.15) is 149 Å². The van der Waals surface area contributed by atoms with E-state index in [9.17, 15) is 9.59 Å². The molecule has 0 aromatic heterocycles. The molecular weight excluding hydrogens is 432 g/mol. The topological polar surface area (TPSA) is 63.6 Å². The van der Waals surface area contributed by atoms with E-state index in [1.54, 1.807) is 0 Å². The number of carboxylic acid groups (broad SMARTS) is 1. The highest BCUT2D eigenvalue weighted by molar-refractivity contribution is 7.99. The summed E-state index contributed by atoms with van der Waals surface area (Å²) in [5.74, 6) is 0.329. The summed E-state index contributed by atoms with van der Waals surface area (Å²) >= 11 is 1.53. The molecule has 0 amide bonds. The Kier molecular flexibility index (Phi) is 22.6. The van der Waals surface area contributed by atoms with Gasteiger partial charge in [0.25, 0.3) is 0 Å². The Balaban J connectivity index is 4.86. The fourth-order valence-electron chi connectivity index (χ4n) is 4.39. The van der Waals surface area contributed by atoms with Gasteiger partial charge in [-0.05, 0) is 38.5 Å². The molecule has 0 saturated heterocycles. The van der Waals surface area contributed by atoms with Gasteiger partial charge in [-0.3, -0.25) is 9.59 Å². The van der Waals surface area contributed by atoms with E-state index in [0.717, 1.165) is 38.5 Å². The Hall–Kier alpha value is -0.710. The van der Waals surface area contributed by atoms with Gasteiger partial charge in [0.15, 0.2) is 0 Å². The zero-order valence-electron chi connectivity index (χ0n) is 22.1. The number of hydrogen-bond acceptors (Lipinski definition) is 4. The van der Waals surface area contributed by atoms with Crippen LogP contribution in [0.2, 0.25) is 0 Å². The van der Waals surface area contributed by atoms with Crippen LogP contribution in [0.3, 0.4) is 0 Å². The van der Waals surface area contributed by atoms with Crippen LogP contribution in [0.25, 0.3) is 0 Å². The van der Waals surface area contributed by atoms with Crippen LogP contribution in [0, 0.1) is 0 Å². The van der Waals surface area contributed by atoms with E-state index in [1.165, 1.54) is 88.8 Å². The summed E-state index contributed by atoms with van der Waals surface area (Å²) in [6.07, 6.45) is 22.1. The van der Waals surface area contributed by atoms with Crippen molar-refractivity contribution in [2.45, 2.75) is 155 Å². The molecule has 0 aliphatic rings. The van der Waals surface area contributed by atoms with Gasteiger partial charge in [0.05, 0.1) is 12.8 Å². The van der Waals surface area contributed by atoms with E-state index < -0.39 is 5.97 Å². The molecule has 0 fully saturated rings. The third-order valence-corrected chi connectivity index (χ3v) is 7.43. The number of carbonyl (C=O) groups is 2. The molecular formula is C28H54O4S. The summed E-state index contributed by atoms with van der Waals surface area (Å²) in [6.45, 7) is 6.72. The van der Waals surface area contributed by atoms with Crippen LogP contribution in [0.4, 0.5) is 0 Å². The molecule has 0 saturated carbocycles. The molecule has 0 aromatic rings. The van der Waals surface area contributed by atoms with E-state index >= 15 is 0 Å². The third kappa shape index (κ3) is 20.4. The van der Waals surface area contributed by atoms with E-state index in [4.69, 9.17) is 9.84 Å². The number of hydrogen-bond donors (Lipinski definition) is 1. The predicted molar refractivity (Wildman–Crippen MR) is 143 cm³/mol. The normalized spacial score (nSPS) is 11.6. The van der Waals surface area contributed by atoms with Crippen molar-refractivity contribution in [2.24, 2.45) is 0 Å². The quantitative estimate of drug-likeness (QED) is 0.103. The minimum atomic E-state index is -0.780. The fourth-order valence-corrected chi connectivity index (χ4v) is 5.22. The largest absolute Gasteiger partial charge is 0.481 e. The van der Waals surface area contributed by atoms with Gasteiger partial charge in [-0.25, -0.2) is 0 Å². The second-order valence-electron chi connectivity index (χ2n) is 9.66.